The molecule has 1 aromatic heterocycles. The number of hydrogen-bond acceptors (Lipinski definition) is 2. The lowest BCUT2D eigenvalue weighted by atomic mass is 10.0. The van der Waals surface area contributed by atoms with Crippen LogP contribution in [0.3, 0.4) is 0 Å². The van der Waals surface area contributed by atoms with E-state index in [1.807, 2.05) is 42.1 Å². The van der Waals surface area contributed by atoms with Gasteiger partial charge in [0.15, 0.2) is 5.78 Å². The van der Waals surface area contributed by atoms with Gasteiger partial charge in [-0.05, 0) is 43.5 Å². The summed E-state index contributed by atoms with van der Waals surface area (Å²) in [6, 6.07) is 8.24. The molecule has 1 aromatic carbocycles. The molecule has 21 heavy (non-hydrogen) atoms. The Bertz CT molecular complexity index is 657. The van der Waals surface area contributed by atoms with E-state index in [0.29, 0.717) is 12.5 Å². The first-order valence-corrected chi connectivity index (χ1v) is 8.26. The van der Waals surface area contributed by atoms with Crippen molar-refractivity contribution < 1.29 is 4.79 Å². The normalized spacial score (nSPS) is 15.5. The number of nitrogens with zero attached hydrogens (tertiary/aromatic N) is 2. The summed E-state index contributed by atoms with van der Waals surface area (Å²) in [6.45, 7) is 2.00. The average Bonchev–Trinajstić information content (AvgIpc) is 3.12. The van der Waals surface area contributed by atoms with Crippen molar-refractivity contribution in [3.8, 4) is 0 Å². The molecule has 1 fully saturated rings. The molecule has 0 amide bonds. The first kappa shape index (κ1) is 14.5. The van der Waals surface area contributed by atoms with Crippen LogP contribution in [-0.2, 0) is 6.42 Å². The molecule has 1 aliphatic carbocycles. The average molecular weight is 347 g/mol. The highest BCUT2D eigenvalue weighted by Gasteiger charge is 2.18. The maximum Gasteiger partial charge on any atom is 0.168 e. The molecule has 0 radical (unpaired) electrons. The van der Waals surface area contributed by atoms with E-state index in [0.717, 1.165) is 21.3 Å². The number of aryl methyl sites for hydroxylation is 1. The van der Waals surface area contributed by atoms with Gasteiger partial charge in [-0.15, -0.1) is 0 Å². The van der Waals surface area contributed by atoms with E-state index in [9.17, 15) is 4.79 Å². The summed E-state index contributed by atoms with van der Waals surface area (Å²) >= 11 is 3.46. The Morgan fingerprint density at radius 2 is 2.10 bits per heavy atom. The van der Waals surface area contributed by atoms with Gasteiger partial charge in [0.1, 0.15) is 0 Å². The molecule has 0 spiro atoms. The number of halogens is 1. The number of hydrogen-bond donors (Lipinski definition) is 0. The van der Waals surface area contributed by atoms with Crippen LogP contribution in [0.2, 0.25) is 0 Å². The van der Waals surface area contributed by atoms with E-state index in [2.05, 4.69) is 21.0 Å². The zero-order valence-corrected chi connectivity index (χ0v) is 13.8. The number of benzene rings is 1. The second kappa shape index (κ2) is 6.14. The van der Waals surface area contributed by atoms with Crippen molar-refractivity contribution in [2.75, 3.05) is 0 Å². The molecule has 0 N–H and O–H groups in total. The first-order valence-electron chi connectivity index (χ1n) is 7.47. The van der Waals surface area contributed by atoms with Gasteiger partial charge in [0.2, 0.25) is 0 Å². The Kier molecular flexibility index (Phi) is 4.24. The van der Waals surface area contributed by atoms with Gasteiger partial charge in [0.05, 0.1) is 18.2 Å². The zero-order valence-electron chi connectivity index (χ0n) is 12.2. The first-order chi connectivity index (χ1) is 10.1. The minimum absolute atomic E-state index is 0.127. The van der Waals surface area contributed by atoms with Crippen molar-refractivity contribution in [1.82, 2.24) is 9.78 Å². The van der Waals surface area contributed by atoms with E-state index >= 15 is 0 Å². The SMILES string of the molecule is Cc1cc(C(=O)Cc2ccn(C3CCCC3)n2)ccc1Br. The van der Waals surface area contributed by atoms with Gasteiger partial charge >= 0.3 is 0 Å². The second-order valence-corrected chi connectivity index (χ2v) is 6.64. The summed E-state index contributed by atoms with van der Waals surface area (Å²) < 4.78 is 3.08. The van der Waals surface area contributed by atoms with Gasteiger partial charge < -0.3 is 0 Å². The van der Waals surface area contributed by atoms with Crippen molar-refractivity contribution in [3.63, 3.8) is 0 Å². The largest absolute Gasteiger partial charge is 0.294 e. The Hall–Kier alpha value is -1.42. The molecule has 1 aliphatic rings. The van der Waals surface area contributed by atoms with Crippen molar-refractivity contribution in [2.24, 2.45) is 0 Å². The highest BCUT2D eigenvalue weighted by Crippen LogP contribution is 2.28. The lowest BCUT2D eigenvalue weighted by molar-refractivity contribution is 0.0991. The van der Waals surface area contributed by atoms with Crippen LogP contribution in [0.4, 0.5) is 0 Å². The summed E-state index contributed by atoms with van der Waals surface area (Å²) in [5.41, 5.74) is 2.70. The third kappa shape index (κ3) is 3.26. The molecule has 0 unspecified atom stereocenters. The molecule has 0 saturated heterocycles. The van der Waals surface area contributed by atoms with E-state index in [1.54, 1.807) is 0 Å². The monoisotopic (exact) mass is 346 g/mol. The van der Waals surface area contributed by atoms with Crippen LogP contribution in [0.5, 0.6) is 0 Å². The minimum atomic E-state index is 0.127. The highest BCUT2D eigenvalue weighted by atomic mass is 79.9. The van der Waals surface area contributed by atoms with Crippen LogP contribution < -0.4 is 0 Å². The molecular weight excluding hydrogens is 328 g/mol. The Morgan fingerprint density at radius 1 is 1.33 bits per heavy atom. The van der Waals surface area contributed by atoms with Gasteiger partial charge in [-0.3, -0.25) is 9.48 Å². The van der Waals surface area contributed by atoms with Gasteiger partial charge in [-0.1, -0.05) is 34.8 Å². The highest BCUT2D eigenvalue weighted by molar-refractivity contribution is 9.10. The van der Waals surface area contributed by atoms with Crippen molar-refractivity contribution >= 4 is 21.7 Å². The smallest absolute Gasteiger partial charge is 0.168 e. The van der Waals surface area contributed by atoms with Crippen molar-refractivity contribution in [2.45, 2.75) is 45.1 Å². The lowest BCUT2D eigenvalue weighted by Crippen LogP contribution is -2.08. The number of aromatic nitrogens is 2. The molecule has 1 heterocycles. The van der Waals surface area contributed by atoms with E-state index in [-0.39, 0.29) is 5.78 Å². The van der Waals surface area contributed by atoms with Crippen LogP contribution in [-0.4, -0.2) is 15.6 Å². The topological polar surface area (TPSA) is 34.9 Å². The standard InChI is InChI=1S/C17H19BrN2O/c1-12-10-13(6-7-16(12)18)17(21)11-14-8-9-20(19-14)15-4-2-3-5-15/h6-10,15H,2-5,11H2,1H3. The van der Waals surface area contributed by atoms with E-state index in [1.165, 1.54) is 25.7 Å². The summed E-state index contributed by atoms with van der Waals surface area (Å²) in [6.07, 6.45) is 7.39. The van der Waals surface area contributed by atoms with Crippen LogP contribution in [0.1, 0.15) is 53.3 Å². The fraction of sp³-hybridized carbons (Fsp3) is 0.412. The molecule has 4 heteroatoms. The van der Waals surface area contributed by atoms with Gasteiger partial charge in [-0.2, -0.15) is 5.10 Å². The van der Waals surface area contributed by atoms with E-state index in [4.69, 9.17) is 0 Å². The number of Topliss-reactive ketones (excluding diaryl/α,β-unsaturated/α-hetero) is 1. The molecule has 0 aliphatic heterocycles. The van der Waals surface area contributed by atoms with Crippen molar-refractivity contribution in [1.29, 1.82) is 0 Å². The molecule has 3 rings (SSSR count). The Labute approximate surface area is 133 Å². The molecule has 110 valence electrons. The molecular formula is C17H19BrN2O. The van der Waals surface area contributed by atoms with Crippen LogP contribution in [0.25, 0.3) is 0 Å². The summed E-state index contributed by atoms with van der Waals surface area (Å²) in [5, 5.41) is 4.58. The fourth-order valence-electron chi connectivity index (χ4n) is 2.93. The fourth-order valence-corrected chi connectivity index (χ4v) is 3.18. The predicted octanol–water partition coefficient (Wildman–Crippen LogP) is 4.49. The maximum atomic E-state index is 12.3. The number of carbonyl (C=O) groups is 1. The lowest BCUT2D eigenvalue weighted by Gasteiger charge is -2.08. The molecule has 2 aromatic rings. The third-order valence-electron chi connectivity index (χ3n) is 4.18. The molecule has 1 saturated carbocycles. The van der Waals surface area contributed by atoms with Gasteiger partial charge in [0, 0.05) is 16.2 Å². The quantitative estimate of drug-likeness (QED) is 0.764. The summed E-state index contributed by atoms with van der Waals surface area (Å²) in [5.74, 6) is 0.127. The number of carbonyl (C=O) groups excluding carboxylic acids is 1. The predicted molar refractivity (Wildman–Crippen MR) is 86.6 cm³/mol. The van der Waals surface area contributed by atoms with Crippen molar-refractivity contribution in [3.05, 3.63) is 51.8 Å². The number of rotatable bonds is 4. The third-order valence-corrected chi connectivity index (χ3v) is 5.07. The molecule has 0 atom stereocenters. The van der Waals surface area contributed by atoms with E-state index < -0.39 is 0 Å². The number of ketones is 1. The van der Waals surface area contributed by atoms with Gasteiger partial charge in [0.25, 0.3) is 0 Å². The zero-order chi connectivity index (χ0) is 14.8. The van der Waals surface area contributed by atoms with Gasteiger partial charge in [-0.25, -0.2) is 0 Å². The van der Waals surface area contributed by atoms with Crippen LogP contribution in [0.15, 0.2) is 34.9 Å². The summed E-state index contributed by atoms with van der Waals surface area (Å²) in [7, 11) is 0. The minimum Gasteiger partial charge on any atom is -0.294 e. The molecule has 0 bridgehead atoms. The summed E-state index contributed by atoms with van der Waals surface area (Å²) in [4.78, 5) is 12.3. The molecule has 3 nitrogen and oxygen atoms in total. The second-order valence-electron chi connectivity index (χ2n) is 5.79. The Morgan fingerprint density at radius 3 is 2.81 bits per heavy atom. The van der Waals surface area contributed by atoms with Crippen LogP contribution >= 0.6 is 15.9 Å². The Balaban J connectivity index is 1.70. The maximum absolute atomic E-state index is 12.3. The van der Waals surface area contributed by atoms with Crippen LogP contribution in [0, 0.1) is 6.92 Å².